The number of benzene rings is 1. The SMILES string of the molecule is C[C@H]1[C@@H](NC(=O)COC(=O)CN2C(=O)c3ccccc3C2=O)CCC[C@@H]1C. The van der Waals surface area contributed by atoms with E-state index < -0.39 is 30.9 Å². The molecule has 0 spiro atoms. The monoisotopic (exact) mass is 372 g/mol. The molecule has 1 heterocycles. The lowest BCUT2D eigenvalue weighted by atomic mass is 9.78. The molecule has 0 unspecified atom stereocenters. The fourth-order valence-corrected chi connectivity index (χ4v) is 3.74. The molecule has 144 valence electrons. The lowest BCUT2D eigenvalue weighted by molar-refractivity contribution is -0.149. The molecule has 1 aliphatic carbocycles. The number of imide groups is 1. The van der Waals surface area contributed by atoms with Crippen molar-refractivity contribution in [1.29, 1.82) is 0 Å². The molecule has 0 radical (unpaired) electrons. The molecule has 3 atom stereocenters. The number of carbonyl (C=O) groups is 4. The predicted octanol–water partition coefficient (Wildman–Crippen LogP) is 1.77. The molecule has 1 saturated carbocycles. The minimum Gasteiger partial charge on any atom is -0.454 e. The predicted molar refractivity (Wildman–Crippen MR) is 96.9 cm³/mol. The van der Waals surface area contributed by atoms with Gasteiger partial charge < -0.3 is 10.1 Å². The Morgan fingerprint density at radius 2 is 1.74 bits per heavy atom. The van der Waals surface area contributed by atoms with Gasteiger partial charge in [0.2, 0.25) is 0 Å². The van der Waals surface area contributed by atoms with Crippen molar-refractivity contribution in [1.82, 2.24) is 10.2 Å². The van der Waals surface area contributed by atoms with Crippen LogP contribution in [-0.2, 0) is 14.3 Å². The first kappa shape index (κ1) is 19.1. The molecule has 2 aliphatic rings. The molecule has 3 amide bonds. The minimum absolute atomic E-state index is 0.0798. The normalized spacial score (nSPS) is 24.5. The molecule has 1 fully saturated rings. The molecule has 1 aromatic rings. The topological polar surface area (TPSA) is 92.8 Å². The van der Waals surface area contributed by atoms with Gasteiger partial charge >= 0.3 is 5.97 Å². The molecule has 27 heavy (non-hydrogen) atoms. The molecule has 1 aromatic carbocycles. The summed E-state index contributed by atoms with van der Waals surface area (Å²) in [7, 11) is 0. The first-order valence-corrected chi connectivity index (χ1v) is 9.28. The zero-order valence-electron chi connectivity index (χ0n) is 15.6. The molecular weight excluding hydrogens is 348 g/mol. The number of esters is 1. The third-order valence-electron chi connectivity index (χ3n) is 5.58. The quantitative estimate of drug-likeness (QED) is 0.628. The second kappa shape index (κ2) is 7.90. The molecule has 3 rings (SSSR count). The van der Waals surface area contributed by atoms with E-state index in [1.54, 1.807) is 24.3 Å². The summed E-state index contributed by atoms with van der Waals surface area (Å²) in [6.07, 6.45) is 3.14. The largest absolute Gasteiger partial charge is 0.454 e. The second-order valence-corrected chi connectivity index (χ2v) is 7.34. The lowest BCUT2D eigenvalue weighted by Gasteiger charge is -2.34. The van der Waals surface area contributed by atoms with Gasteiger partial charge in [-0.05, 0) is 30.4 Å². The zero-order chi connectivity index (χ0) is 19.6. The van der Waals surface area contributed by atoms with Gasteiger partial charge in [-0.25, -0.2) is 0 Å². The van der Waals surface area contributed by atoms with Crippen molar-refractivity contribution in [3.05, 3.63) is 35.4 Å². The Morgan fingerprint density at radius 3 is 2.37 bits per heavy atom. The molecule has 0 aromatic heterocycles. The van der Waals surface area contributed by atoms with Crippen LogP contribution in [-0.4, -0.2) is 47.8 Å². The van der Waals surface area contributed by atoms with E-state index in [0.717, 1.165) is 24.2 Å². The number of rotatable bonds is 5. The average Bonchev–Trinajstić information content (AvgIpc) is 2.89. The fourth-order valence-electron chi connectivity index (χ4n) is 3.74. The number of nitrogens with zero attached hydrogens (tertiary/aromatic N) is 1. The van der Waals surface area contributed by atoms with Crippen molar-refractivity contribution in [2.45, 2.75) is 39.2 Å². The molecule has 0 saturated heterocycles. The van der Waals surface area contributed by atoms with Gasteiger partial charge in [0.25, 0.3) is 17.7 Å². The summed E-state index contributed by atoms with van der Waals surface area (Å²) < 4.78 is 4.97. The first-order valence-electron chi connectivity index (χ1n) is 9.28. The highest BCUT2D eigenvalue weighted by molar-refractivity contribution is 6.22. The van der Waals surface area contributed by atoms with Crippen LogP contribution in [0.2, 0.25) is 0 Å². The van der Waals surface area contributed by atoms with Crippen LogP contribution < -0.4 is 5.32 Å². The smallest absolute Gasteiger partial charge is 0.326 e. The summed E-state index contributed by atoms with van der Waals surface area (Å²) in [5.41, 5.74) is 0.543. The molecule has 7 heteroatoms. The van der Waals surface area contributed by atoms with Gasteiger partial charge in [-0.15, -0.1) is 0 Å². The van der Waals surface area contributed by atoms with E-state index in [1.165, 1.54) is 0 Å². The Balaban J connectivity index is 1.48. The van der Waals surface area contributed by atoms with E-state index in [1.807, 2.05) is 0 Å². The van der Waals surface area contributed by atoms with Crippen LogP contribution in [0.25, 0.3) is 0 Å². The summed E-state index contributed by atoms with van der Waals surface area (Å²) in [6.45, 7) is 3.37. The van der Waals surface area contributed by atoms with E-state index in [2.05, 4.69) is 19.2 Å². The Bertz CT molecular complexity index is 740. The number of nitrogens with one attached hydrogen (secondary N) is 1. The molecular formula is C20H24N2O5. The Labute approximate surface area is 158 Å². The van der Waals surface area contributed by atoms with Crippen molar-refractivity contribution in [2.75, 3.05) is 13.2 Å². The third-order valence-corrected chi connectivity index (χ3v) is 5.58. The van der Waals surface area contributed by atoms with Crippen LogP contribution >= 0.6 is 0 Å². The third kappa shape index (κ3) is 4.02. The van der Waals surface area contributed by atoms with Crippen molar-refractivity contribution in [2.24, 2.45) is 11.8 Å². The number of fused-ring (bicyclic) bond motifs is 1. The van der Waals surface area contributed by atoms with E-state index in [0.29, 0.717) is 11.8 Å². The van der Waals surface area contributed by atoms with Crippen LogP contribution in [0.1, 0.15) is 53.8 Å². The Kier molecular flexibility index (Phi) is 5.58. The van der Waals surface area contributed by atoms with Gasteiger partial charge in [-0.2, -0.15) is 0 Å². The van der Waals surface area contributed by atoms with Gasteiger partial charge in [0.05, 0.1) is 11.1 Å². The van der Waals surface area contributed by atoms with E-state index in [9.17, 15) is 19.2 Å². The number of carbonyl (C=O) groups excluding carboxylic acids is 4. The molecule has 1 N–H and O–H groups in total. The standard InChI is InChI=1S/C20H24N2O5/c1-12-6-5-9-16(13(12)2)21-17(23)11-27-18(24)10-22-19(25)14-7-3-4-8-15(14)20(22)26/h3-4,7-8,12-13,16H,5-6,9-11H2,1-2H3,(H,21,23)/t12-,13+,16-/m0/s1. The lowest BCUT2D eigenvalue weighted by Crippen LogP contribution is -2.45. The van der Waals surface area contributed by atoms with E-state index in [4.69, 9.17) is 4.74 Å². The highest BCUT2D eigenvalue weighted by Gasteiger charge is 2.36. The zero-order valence-corrected chi connectivity index (χ0v) is 15.6. The van der Waals surface area contributed by atoms with Crippen molar-refractivity contribution in [3.8, 4) is 0 Å². The molecule has 1 aliphatic heterocycles. The highest BCUT2D eigenvalue weighted by atomic mass is 16.5. The summed E-state index contributed by atoms with van der Waals surface area (Å²) >= 11 is 0. The summed E-state index contributed by atoms with van der Waals surface area (Å²) in [5.74, 6) is -1.29. The number of amides is 3. The maximum atomic E-state index is 12.2. The van der Waals surface area contributed by atoms with Crippen molar-refractivity contribution >= 4 is 23.7 Å². The fraction of sp³-hybridized carbons (Fsp3) is 0.500. The van der Waals surface area contributed by atoms with Gasteiger partial charge in [-0.3, -0.25) is 24.1 Å². The van der Waals surface area contributed by atoms with Crippen LogP contribution in [0.3, 0.4) is 0 Å². The maximum Gasteiger partial charge on any atom is 0.326 e. The van der Waals surface area contributed by atoms with Gasteiger partial charge in [0, 0.05) is 6.04 Å². The average molecular weight is 372 g/mol. The van der Waals surface area contributed by atoms with Crippen LogP contribution in [0.15, 0.2) is 24.3 Å². The van der Waals surface area contributed by atoms with E-state index in [-0.39, 0.29) is 23.1 Å². The summed E-state index contributed by atoms with van der Waals surface area (Å²) in [6, 6.07) is 6.48. The van der Waals surface area contributed by atoms with E-state index >= 15 is 0 Å². The Hall–Kier alpha value is -2.70. The number of ether oxygens (including phenoxy) is 1. The maximum absolute atomic E-state index is 12.2. The number of hydrogen-bond acceptors (Lipinski definition) is 5. The summed E-state index contributed by atoms with van der Waals surface area (Å²) in [5, 5.41) is 2.92. The summed E-state index contributed by atoms with van der Waals surface area (Å²) in [4.78, 5) is 49.4. The minimum atomic E-state index is -0.787. The molecule has 7 nitrogen and oxygen atoms in total. The van der Waals surface area contributed by atoms with Gasteiger partial charge in [0.15, 0.2) is 6.61 Å². The highest BCUT2D eigenvalue weighted by Crippen LogP contribution is 2.29. The van der Waals surface area contributed by atoms with Crippen LogP contribution in [0.4, 0.5) is 0 Å². The molecule has 0 bridgehead atoms. The van der Waals surface area contributed by atoms with Gasteiger partial charge in [0.1, 0.15) is 6.54 Å². The van der Waals surface area contributed by atoms with Gasteiger partial charge in [-0.1, -0.05) is 38.8 Å². The van der Waals surface area contributed by atoms with Crippen LogP contribution in [0, 0.1) is 11.8 Å². The number of hydrogen-bond donors (Lipinski definition) is 1. The Morgan fingerprint density at radius 1 is 1.11 bits per heavy atom. The first-order chi connectivity index (χ1) is 12.9. The second-order valence-electron chi connectivity index (χ2n) is 7.34. The van der Waals surface area contributed by atoms with Crippen molar-refractivity contribution < 1.29 is 23.9 Å². The van der Waals surface area contributed by atoms with Crippen molar-refractivity contribution in [3.63, 3.8) is 0 Å². The van der Waals surface area contributed by atoms with Crippen LogP contribution in [0.5, 0.6) is 0 Å².